The Morgan fingerprint density at radius 1 is 0.964 bits per heavy atom. The highest BCUT2D eigenvalue weighted by molar-refractivity contribution is 8.00. The Morgan fingerprint density at radius 2 is 1.46 bits per heavy atom. The first-order valence-corrected chi connectivity index (χ1v) is 9.92. The number of aliphatic hydroxyl groups excluding tert-OH is 1. The molecule has 4 atom stereocenters. The summed E-state index contributed by atoms with van der Waals surface area (Å²) in [5.41, 5.74) is -0.915. The summed E-state index contributed by atoms with van der Waals surface area (Å²) in [6.45, 7) is -0.234. The van der Waals surface area contributed by atoms with Crippen LogP contribution in [0.15, 0.2) is 48.5 Å². The van der Waals surface area contributed by atoms with Crippen LogP contribution in [0, 0.1) is 0 Å². The third-order valence-corrected chi connectivity index (χ3v) is 5.85. The molecule has 0 bridgehead atoms. The quantitative estimate of drug-likeness (QED) is 0.698. The lowest BCUT2D eigenvalue weighted by Crippen LogP contribution is -2.36. The number of esters is 2. The number of halogens is 3. The van der Waals surface area contributed by atoms with Crippen molar-refractivity contribution >= 4 is 46.9 Å². The van der Waals surface area contributed by atoms with Crippen molar-refractivity contribution in [2.24, 2.45) is 0 Å². The number of carbonyl (C=O) groups excluding carboxylic acids is 2. The van der Waals surface area contributed by atoms with Gasteiger partial charge in [-0.2, -0.15) is 0 Å². The van der Waals surface area contributed by atoms with Gasteiger partial charge in [-0.25, -0.2) is 14.0 Å². The summed E-state index contributed by atoms with van der Waals surface area (Å²) < 4.78 is 24.8. The van der Waals surface area contributed by atoms with Crippen LogP contribution in [-0.4, -0.2) is 46.6 Å². The summed E-state index contributed by atoms with van der Waals surface area (Å²) in [5.74, 6) is -1.38. The molecule has 2 aromatic carbocycles. The van der Waals surface area contributed by atoms with Gasteiger partial charge in [0, 0.05) is 10.0 Å². The maximum Gasteiger partial charge on any atom is 0.338 e. The number of ether oxygens (including phenoxy) is 2. The monoisotopic (exact) mass is 444 g/mol. The van der Waals surface area contributed by atoms with Gasteiger partial charge in [-0.05, 0) is 48.5 Å². The maximum absolute atomic E-state index is 14.3. The van der Waals surface area contributed by atoms with Crippen molar-refractivity contribution in [1.82, 2.24) is 0 Å². The smallest absolute Gasteiger partial charge is 0.338 e. The molecule has 148 valence electrons. The Bertz CT molecular complexity index is 846. The van der Waals surface area contributed by atoms with E-state index in [1.54, 1.807) is 12.1 Å². The van der Waals surface area contributed by atoms with Crippen molar-refractivity contribution in [1.29, 1.82) is 0 Å². The number of rotatable bonds is 5. The highest BCUT2D eigenvalue weighted by atomic mass is 35.5. The number of aliphatic hydroxyl groups is 1. The Labute approximate surface area is 174 Å². The van der Waals surface area contributed by atoms with Crippen molar-refractivity contribution < 1.29 is 28.6 Å². The fourth-order valence-electron chi connectivity index (χ4n) is 2.58. The fourth-order valence-corrected chi connectivity index (χ4v) is 4.00. The SMILES string of the molecule is O=C(OC[C@@H]1SC(O)[C@@H](F)[C@@H]1OC(=O)c1ccc(Cl)cc1)c1ccc(Cl)cc1. The fraction of sp³-hybridized carbons (Fsp3) is 0.263. The predicted molar refractivity (Wildman–Crippen MR) is 105 cm³/mol. The molecule has 0 aliphatic carbocycles. The van der Waals surface area contributed by atoms with Gasteiger partial charge in [0.2, 0.25) is 0 Å². The van der Waals surface area contributed by atoms with Crippen LogP contribution in [0.2, 0.25) is 10.0 Å². The number of benzene rings is 2. The van der Waals surface area contributed by atoms with E-state index >= 15 is 0 Å². The van der Waals surface area contributed by atoms with Crippen LogP contribution in [0.25, 0.3) is 0 Å². The third kappa shape index (κ3) is 4.97. The summed E-state index contributed by atoms with van der Waals surface area (Å²) in [7, 11) is 0. The van der Waals surface area contributed by atoms with E-state index in [9.17, 15) is 19.1 Å². The molecular formula is C19H15Cl2FO5S. The molecule has 1 aliphatic rings. The van der Waals surface area contributed by atoms with Crippen molar-refractivity contribution in [2.45, 2.75) is 23.0 Å². The van der Waals surface area contributed by atoms with E-state index in [4.69, 9.17) is 32.7 Å². The van der Waals surface area contributed by atoms with Gasteiger partial charge in [-0.1, -0.05) is 23.2 Å². The van der Waals surface area contributed by atoms with Crippen LogP contribution in [0.1, 0.15) is 20.7 Å². The van der Waals surface area contributed by atoms with Gasteiger partial charge >= 0.3 is 11.9 Å². The second kappa shape index (κ2) is 9.13. The molecule has 2 aromatic rings. The number of alkyl halides is 1. The van der Waals surface area contributed by atoms with E-state index in [1.165, 1.54) is 36.4 Å². The molecule has 1 heterocycles. The second-order valence-electron chi connectivity index (χ2n) is 5.99. The molecule has 0 spiro atoms. The molecule has 1 N–H and O–H groups in total. The van der Waals surface area contributed by atoms with Crippen LogP contribution in [0.5, 0.6) is 0 Å². The molecule has 1 fully saturated rings. The van der Waals surface area contributed by atoms with Gasteiger partial charge in [0.1, 0.15) is 12.0 Å². The first-order valence-electron chi connectivity index (χ1n) is 8.22. The minimum atomic E-state index is -1.81. The van der Waals surface area contributed by atoms with Gasteiger partial charge in [0.25, 0.3) is 0 Å². The lowest BCUT2D eigenvalue weighted by atomic mass is 10.1. The summed E-state index contributed by atoms with van der Waals surface area (Å²) in [6.07, 6.45) is -3.07. The third-order valence-electron chi connectivity index (χ3n) is 4.05. The Kier molecular flexibility index (Phi) is 6.82. The van der Waals surface area contributed by atoms with Crippen molar-refractivity contribution in [3.8, 4) is 0 Å². The minimum absolute atomic E-state index is 0.194. The summed E-state index contributed by atoms with van der Waals surface area (Å²) in [4.78, 5) is 24.4. The average Bonchev–Trinajstić information content (AvgIpc) is 2.95. The van der Waals surface area contributed by atoms with Crippen LogP contribution in [-0.2, 0) is 9.47 Å². The first-order chi connectivity index (χ1) is 13.3. The van der Waals surface area contributed by atoms with E-state index in [0.29, 0.717) is 10.0 Å². The highest BCUT2D eigenvalue weighted by Crippen LogP contribution is 2.37. The van der Waals surface area contributed by atoms with Gasteiger partial charge in [-0.15, -0.1) is 11.8 Å². The van der Waals surface area contributed by atoms with Crippen LogP contribution in [0.4, 0.5) is 4.39 Å². The molecule has 1 saturated heterocycles. The zero-order valence-corrected chi connectivity index (χ0v) is 16.6. The molecule has 5 nitrogen and oxygen atoms in total. The minimum Gasteiger partial charge on any atom is -0.461 e. The van der Waals surface area contributed by atoms with Crippen molar-refractivity contribution in [3.05, 3.63) is 69.7 Å². The van der Waals surface area contributed by atoms with E-state index in [1.807, 2.05) is 0 Å². The van der Waals surface area contributed by atoms with Crippen LogP contribution >= 0.6 is 35.0 Å². The largest absolute Gasteiger partial charge is 0.461 e. The Balaban J connectivity index is 1.63. The standard InChI is InChI=1S/C19H15Cl2FO5S/c20-12-5-1-10(2-6-12)17(23)26-9-14-16(15(22)19(25)28-14)27-18(24)11-3-7-13(21)8-4-11/h1-8,14-16,19,25H,9H2/t14-,15-,16+,19?/m0/s1. The summed E-state index contributed by atoms with van der Waals surface area (Å²) in [5, 5.41) is 9.96. The first kappa shape index (κ1) is 20.9. The average molecular weight is 445 g/mol. The van der Waals surface area contributed by atoms with Gasteiger partial charge in [0.05, 0.1) is 16.4 Å². The van der Waals surface area contributed by atoms with E-state index in [2.05, 4.69) is 0 Å². The molecule has 9 heteroatoms. The normalized spacial score (nSPS) is 24.0. The molecule has 0 amide bonds. The number of hydrogen-bond acceptors (Lipinski definition) is 6. The molecule has 3 rings (SSSR count). The Morgan fingerprint density at radius 3 is 2.00 bits per heavy atom. The van der Waals surface area contributed by atoms with E-state index in [-0.39, 0.29) is 17.7 Å². The lowest BCUT2D eigenvalue weighted by molar-refractivity contribution is -0.0112. The van der Waals surface area contributed by atoms with Gasteiger partial charge in [-0.3, -0.25) is 0 Å². The highest BCUT2D eigenvalue weighted by Gasteiger charge is 2.47. The molecular weight excluding hydrogens is 430 g/mol. The van der Waals surface area contributed by atoms with E-state index in [0.717, 1.165) is 11.8 Å². The Hall–Kier alpha value is -1.80. The number of hydrogen-bond donors (Lipinski definition) is 1. The van der Waals surface area contributed by atoms with Crippen molar-refractivity contribution in [3.63, 3.8) is 0 Å². The van der Waals surface area contributed by atoms with Crippen LogP contribution in [0.3, 0.4) is 0 Å². The number of carbonyl (C=O) groups is 2. The zero-order valence-electron chi connectivity index (χ0n) is 14.3. The molecule has 1 aliphatic heterocycles. The summed E-state index contributed by atoms with van der Waals surface area (Å²) in [6, 6.07) is 12.0. The molecule has 0 saturated carbocycles. The zero-order chi connectivity index (χ0) is 20.3. The maximum atomic E-state index is 14.3. The molecule has 0 aromatic heterocycles. The molecule has 1 unspecified atom stereocenters. The topological polar surface area (TPSA) is 72.8 Å². The van der Waals surface area contributed by atoms with E-state index < -0.39 is 34.9 Å². The summed E-state index contributed by atoms with van der Waals surface area (Å²) >= 11 is 12.4. The van der Waals surface area contributed by atoms with Gasteiger partial charge in [0.15, 0.2) is 12.3 Å². The lowest BCUT2D eigenvalue weighted by Gasteiger charge is -2.20. The second-order valence-corrected chi connectivity index (χ2v) is 8.23. The van der Waals surface area contributed by atoms with Crippen molar-refractivity contribution in [2.75, 3.05) is 6.61 Å². The number of thioether (sulfide) groups is 1. The molecule has 28 heavy (non-hydrogen) atoms. The van der Waals surface area contributed by atoms with Crippen LogP contribution < -0.4 is 0 Å². The van der Waals surface area contributed by atoms with Gasteiger partial charge < -0.3 is 14.6 Å². The predicted octanol–water partition coefficient (Wildman–Crippen LogP) is 4.15. The molecule has 0 radical (unpaired) electrons.